The van der Waals surface area contributed by atoms with E-state index in [1.165, 1.54) is 14.2 Å². The number of anilines is 1. The normalized spacial score (nSPS) is 18.0. The van der Waals surface area contributed by atoms with Gasteiger partial charge in [0, 0.05) is 13.6 Å². The van der Waals surface area contributed by atoms with Crippen LogP contribution in [0.1, 0.15) is 23.2 Å². The molecular formula is C15H21N3O4. The number of hydrogen-bond donors (Lipinski definition) is 2. The number of nitrogens with zero attached hydrogens (tertiary/aromatic N) is 1. The molecule has 0 bridgehead atoms. The van der Waals surface area contributed by atoms with Gasteiger partial charge >= 0.3 is 5.97 Å². The fourth-order valence-electron chi connectivity index (χ4n) is 2.38. The van der Waals surface area contributed by atoms with E-state index in [4.69, 9.17) is 9.47 Å². The van der Waals surface area contributed by atoms with Crippen molar-refractivity contribution in [2.24, 2.45) is 0 Å². The Labute approximate surface area is 129 Å². The highest BCUT2D eigenvalue weighted by molar-refractivity contribution is 5.91. The van der Waals surface area contributed by atoms with Crippen molar-refractivity contribution in [3.63, 3.8) is 0 Å². The van der Waals surface area contributed by atoms with Crippen LogP contribution in [0.25, 0.3) is 0 Å². The first kappa shape index (κ1) is 16.1. The van der Waals surface area contributed by atoms with Crippen molar-refractivity contribution in [1.29, 1.82) is 0 Å². The number of rotatable bonds is 5. The Balaban J connectivity index is 2.10. The summed E-state index contributed by atoms with van der Waals surface area (Å²) in [5, 5.41) is 0. The van der Waals surface area contributed by atoms with Gasteiger partial charge in [0.15, 0.2) is 0 Å². The van der Waals surface area contributed by atoms with Crippen LogP contribution in [0.5, 0.6) is 5.75 Å². The summed E-state index contributed by atoms with van der Waals surface area (Å²) in [7, 11) is 4.65. The summed E-state index contributed by atoms with van der Waals surface area (Å²) < 4.78 is 9.95. The van der Waals surface area contributed by atoms with E-state index in [2.05, 4.69) is 10.9 Å². The highest BCUT2D eigenvalue weighted by Gasteiger charge is 2.26. The quantitative estimate of drug-likeness (QED) is 0.624. The maximum atomic E-state index is 12.0. The maximum Gasteiger partial charge on any atom is 0.337 e. The van der Waals surface area contributed by atoms with Gasteiger partial charge in [0.2, 0.25) is 5.91 Å². The molecule has 0 aromatic heterocycles. The van der Waals surface area contributed by atoms with Gasteiger partial charge in [-0.05, 0) is 31.0 Å². The molecule has 7 nitrogen and oxygen atoms in total. The molecule has 22 heavy (non-hydrogen) atoms. The van der Waals surface area contributed by atoms with Crippen LogP contribution in [0.2, 0.25) is 0 Å². The highest BCUT2D eigenvalue weighted by Crippen LogP contribution is 2.25. The van der Waals surface area contributed by atoms with Gasteiger partial charge in [0.1, 0.15) is 11.8 Å². The zero-order valence-corrected chi connectivity index (χ0v) is 13.0. The molecule has 0 saturated carbocycles. The van der Waals surface area contributed by atoms with E-state index in [1.54, 1.807) is 30.1 Å². The summed E-state index contributed by atoms with van der Waals surface area (Å²) >= 11 is 0. The number of methoxy groups -OCH3 is 2. The van der Waals surface area contributed by atoms with Crippen LogP contribution >= 0.6 is 0 Å². The smallest absolute Gasteiger partial charge is 0.337 e. The lowest BCUT2D eigenvalue weighted by Gasteiger charge is -2.30. The fraction of sp³-hybridized carbons (Fsp3) is 0.467. The fourth-order valence-corrected chi connectivity index (χ4v) is 2.38. The number of carbonyl (C=O) groups is 2. The third kappa shape index (κ3) is 3.48. The molecular weight excluding hydrogens is 286 g/mol. The Morgan fingerprint density at radius 3 is 2.82 bits per heavy atom. The Kier molecular flexibility index (Phi) is 5.21. The van der Waals surface area contributed by atoms with Gasteiger partial charge in [0.05, 0.1) is 25.5 Å². The van der Waals surface area contributed by atoms with E-state index < -0.39 is 5.97 Å². The van der Waals surface area contributed by atoms with Crippen LogP contribution < -0.4 is 15.6 Å². The second-order valence-electron chi connectivity index (χ2n) is 5.13. The van der Waals surface area contributed by atoms with Gasteiger partial charge in [-0.3, -0.25) is 4.79 Å². The summed E-state index contributed by atoms with van der Waals surface area (Å²) in [5.74, 6) is 0.179. The number of likely N-dealkylation sites (N-methyl/N-ethyl adjacent to an activating group) is 1. The minimum Gasteiger partial charge on any atom is -0.495 e. The standard InChI is InChI=1S/C15H21N3O4/c1-18-8-4-5-11(14(18)19)16-17-12-9-10(15(20)22-3)6-7-13(12)21-2/h6-7,9,11,16-17H,4-5,8H2,1-3H3. The lowest BCUT2D eigenvalue weighted by Crippen LogP contribution is -2.50. The molecule has 1 aliphatic heterocycles. The van der Waals surface area contributed by atoms with Gasteiger partial charge in [-0.15, -0.1) is 0 Å². The van der Waals surface area contributed by atoms with Crippen LogP contribution in [-0.4, -0.2) is 50.6 Å². The summed E-state index contributed by atoms with van der Waals surface area (Å²) in [6.45, 7) is 0.776. The number of esters is 1. The van der Waals surface area contributed by atoms with Crippen molar-refractivity contribution in [3.8, 4) is 5.75 Å². The Hall–Kier alpha value is -2.28. The van der Waals surface area contributed by atoms with Crippen LogP contribution in [0.3, 0.4) is 0 Å². The minimum absolute atomic E-state index is 0.0434. The van der Waals surface area contributed by atoms with Crippen molar-refractivity contribution in [1.82, 2.24) is 10.3 Å². The van der Waals surface area contributed by atoms with Crippen molar-refractivity contribution in [2.75, 3.05) is 33.2 Å². The molecule has 1 saturated heterocycles. The molecule has 1 atom stereocenters. The number of likely N-dealkylation sites (tertiary alicyclic amines) is 1. The van der Waals surface area contributed by atoms with Crippen LogP contribution in [0.4, 0.5) is 5.69 Å². The molecule has 1 aliphatic rings. The predicted molar refractivity (Wildman–Crippen MR) is 81.8 cm³/mol. The average Bonchev–Trinajstić information content (AvgIpc) is 2.55. The number of benzene rings is 1. The van der Waals surface area contributed by atoms with Crippen LogP contribution in [0.15, 0.2) is 18.2 Å². The second kappa shape index (κ2) is 7.13. The number of hydrogen-bond acceptors (Lipinski definition) is 6. The number of carbonyl (C=O) groups excluding carboxylic acids is 2. The number of piperidine rings is 1. The lowest BCUT2D eigenvalue weighted by atomic mass is 10.1. The number of hydrazine groups is 1. The first-order valence-corrected chi connectivity index (χ1v) is 7.09. The van der Waals surface area contributed by atoms with E-state index in [-0.39, 0.29) is 11.9 Å². The van der Waals surface area contributed by atoms with Crippen molar-refractivity contribution < 1.29 is 19.1 Å². The third-order valence-corrected chi connectivity index (χ3v) is 3.66. The predicted octanol–water partition coefficient (Wildman–Crippen LogP) is 1.02. The lowest BCUT2D eigenvalue weighted by molar-refractivity contribution is -0.134. The van der Waals surface area contributed by atoms with Crippen molar-refractivity contribution in [2.45, 2.75) is 18.9 Å². The van der Waals surface area contributed by atoms with Crippen LogP contribution in [-0.2, 0) is 9.53 Å². The highest BCUT2D eigenvalue weighted by atomic mass is 16.5. The van der Waals surface area contributed by atoms with Gasteiger partial charge in [-0.25, -0.2) is 10.2 Å². The monoisotopic (exact) mass is 307 g/mol. The largest absolute Gasteiger partial charge is 0.495 e. The molecule has 0 radical (unpaired) electrons. The first-order chi connectivity index (χ1) is 10.6. The van der Waals surface area contributed by atoms with Crippen molar-refractivity contribution >= 4 is 17.6 Å². The molecule has 1 fully saturated rings. The van der Waals surface area contributed by atoms with Gasteiger partial charge < -0.3 is 19.8 Å². The molecule has 2 rings (SSSR count). The summed E-state index contributed by atoms with van der Waals surface area (Å²) in [6.07, 6.45) is 1.70. The molecule has 0 aliphatic carbocycles. The molecule has 7 heteroatoms. The zero-order chi connectivity index (χ0) is 16.1. The molecule has 2 N–H and O–H groups in total. The van der Waals surface area contributed by atoms with Gasteiger partial charge in [-0.2, -0.15) is 0 Å². The second-order valence-corrected chi connectivity index (χ2v) is 5.13. The van der Waals surface area contributed by atoms with E-state index in [0.717, 1.165) is 19.4 Å². The van der Waals surface area contributed by atoms with E-state index in [0.29, 0.717) is 17.0 Å². The van der Waals surface area contributed by atoms with E-state index >= 15 is 0 Å². The maximum absolute atomic E-state index is 12.0. The summed E-state index contributed by atoms with van der Waals surface area (Å²) in [6, 6.07) is 4.61. The molecule has 1 amide bonds. The molecule has 1 aromatic rings. The number of nitrogens with one attached hydrogen (secondary N) is 2. The molecule has 1 unspecified atom stereocenters. The third-order valence-electron chi connectivity index (χ3n) is 3.66. The van der Waals surface area contributed by atoms with Gasteiger partial charge in [-0.1, -0.05) is 0 Å². The zero-order valence-electron chi connectivity index (χ0n) is 13.0. The van der Waals surface area contributed by atoms with Crippen molar-refractivity contribution in [3.05, 3.63) is 23.8 Å². The van der Waals surface area contributed by atoms with Crippen LogP contribution in [0, 0.1) is 0 Å². The first-order valence-electron chi connectivity index (χ1n) is 7.09. The Morgan fingerprint density at radius 2 is 2.14 bits per heavy atom. The Morgan fingerprint density at radius 1 is 1.36 bits per heavy atom. The topological polar surface area (TPSA) is 79.9 Å². The Bertz CT molecular complexity index is 562. The SMILES string of the molecule is COC(=O)c1ccc(OC)c(NNC2CCCN(C)C2=O)c1. The molecule has 1 heterocycles. The average molecular weight is 307 g/mol. The van der Waals surface area contributed by atoms with E-state index in [1.807, 2.05) is 0 Å². The molecule has 0 spiro atoms. The van der Waals surface area contributed by atoms with E-state index in [9.17, 15) is 9.59 Å². The summed E-state index contributed by atoms with van der Waals surface area (Å²) in [4.78, 5) is 25.3. The summed E-state index contributed by atoms with van der Waals surface area (Å²) in [5.41, 5.74) is 6.96. The number of ether oxygens (including phenoxy) is 2. The number of amides is 1. The van der Waals surface area contributed by atoms with Gasteiger partial charge in [0.25, 0.3) is 0 Å². The molecule has 1 aromatic carbocycles. The molecule has 120 valence electrons. The minimum atomic E-state index is -0.431.